The molecule has 3 nitrogen and oxygen atoms in total. The number of ether oxygens (including phenoxy) is 1. The van der Waals surface area contributed by atoms with E-state index in [1.807, 2.05) is 0 Å². The Bertz CT molecular complexity index is 172. The van der Waals surface area contributed by atoms with E-state index in [2.05, 4.69) is 0 Å². The highest BCUT2D eigenvalue weighted by Gasteiger charge is 1.94. The summed E-state index contributed by atoms with van der Waals surface area (Å²) in [7, 11) is -0.512. The van der Waals surface area contributed by atoms with Gasteiger partial charge in [-0.3, -0.25) is 0 Å². The summed E-state index contributed by atoms with van der Waals surface area (Å²) in [5.41, 5.74) is 0. The molecule has 0 saturated carbocycles. The van der Waals surface area contributed by atoms with Gasteiger partial charge in [0.1, 0.15) is 0 Å². The topological polar surface area (TPSA) is 43.4 Å². The molecule has 0 amide bonds. The van der Waals surface area contributed by atoms with Crippen LogP contribution < -0.4 is 0 Å². The SMILES string of the molecule is COCC(C)C=S(=O)=O. The third-order valence-corrected chi connectivity index (χ3v) is 1.46. The lowest BCUT2D eigenvalue weighted by molar-refractivity contribution is 0.183. The van der Waals surface area contributed by atoms with Crippen molar-refractivity contribution in [3.05, 3.63) is 0 Å². The molecular weight excluding hydrogens is 140 g/mol. The van der Waals surface area contributed by atoms with Gasteiger partial charge in [-0.05, 0) is 0 Å². The van der Waals surface area contributed by atoms with E-state index in [9.17, 15) is 8.42 Å². The zero-order valence-electron chi connectivity index (χ0n) is 5.49. The Morgan fingerprint density at radius 3 is 2.56 bits per heavy atom. The van der Waals surface area contributed by atoms with Crippen LogP contribution in [0.15, 0.2) is 0 Å². The smallest absolute Gasteiger partial charge is 0.210 e. The van der Waals surface area contributed by atoms with E-state index in [0.29, 0.717) is 6.61 Å². The van der Waals surface area contributed by atoms with Crippen LogP contribution in [0.3, 0.4) is 0 Å². The van der Waals surface area contributed by atoms with Gasteiger partial charge >= 0.3 is 0 Å². The first-order valence-corrected chi connectivity index (χ1v) is 3.72. The highest BCUT2D eigenvalue weighted by Crippen LogP contribution is 1.87. The summed E-state index contributed by atoms with van der Waals surface area (Å²) in [6, 6.07) is 0. The number of hydrogen-bond acceptors (Lipinski definition) is 3. The van der Waals surface area contributed by atoms with Gasteiger partial charge in [0.15, 0.2) is 0 Å². The van der Waals surface area contributed by atoms with Gasteiger partial charge in [-0.2, -0.15) is 8.42 Å². The van der Waals surface area contributed by atoms with Crippen LogP contribution in [0.5, 0.6) is 0 Å². The minimum Gasteiger partial charge on any atom is -0.384 e. The van der Waals surface area contributed by atoms with Gasteiger partial charge in [0.2, 0.25) is 10.3 Å². The predicted molar refractivity (Wildman–Crippen MR) is 36.0 cm³/mol. The van der Waals surface area contributed by atoms with Crippen LogP contribution in [0.1, 0.15) is 6.92 Å². The quantitative estimate of drug-likeness (QED) is 0.530. The van der Waals surface area contributed by atoms with Crippen molar-refractivity contribution in [1.29, 1.82) is 0 Å². The third-order valence-electron chi connectivity index (χ3n) is 0.773. The zero-order valence-corrected chi connectivity index (χ0v) is 6.31. The van der Waals surface area contributed by atoms with Gasteiger partial charge in [0.05, 0.1) is 6.61 Å². The molecule has 0 rings (SSSR count). The molecule has 9 heavy (non-hydrogen) atoms. The Kier molecular flexibility index (Phi) is 4.35. The molecule has 0 saturated heterocycles. The molecule has 0 aliphatic heterocycles. The lowest BCUT2D eigenvalue weighted by atomic mass is 10.2. The van der Waals surface area contributed by atoms with Crippen LogP contribution in [0.4, 0.5) is 0 Å². The normalized spacial score (nSPS) is 12.7. The molecule has 0 aliphatic rings. The zero-order chi connectivity index (χ0) is 7.28. The van der Waals surface area contributed by atoms with Crippen LogP contribution in [0, 0.1) is 5.92 Å². The van der Waals surface area contributed by atoms with E-state index >= 15 is 0 Å². The van der Waals surface area contributed by atoms with Crippen molar-refractivity contribution < 1.29 is 13.2 Å². The van der Waals surface area contributed by atoms with Crippen LogP contribution in [-0.4, -0.2) is 27.5 Å². The first-order chi connectivity index (χ1) is 4.16. The lowest BCUT2D eigenvalue weighted by Crippen LogP contribution is -2.04. The standard InChI is InChI=1S/C5H10O3S/c1-5(3-8-2)4-9(6)7/h4-5H,3H2,1-2H3. The van der Waals surface area contributed by atoms with E-state index in [1.165, 1.54) is 12.5 Å². The summed E-state index contributed by atoms with van der Waals surface area (Å²) >= 11 is 0. The Morgan fingerprint density at radius 1 is 1.67 bits per heavy atom. The fourth-order valence-corrected chi connectivity index (χ4v) is 0.950. The van der Waals surface area contributed by atoms with Gasteiger partial charge in [-0.15, -0.1) is 0 Å². The molecular formula is C5H10O3S. The second-order valence-electron chi connectivity index (χ2n) is 1.83. The molecule has 54 valence electrons. The van der Waals surface area contributed by atoms with E-state index in [-0.39, 0.29) is 5.92 Å². The molecule has 0 aromatic carbocycles. The first kappa shape index (κ1) is 8.65. The van der Waals surface area contributed by atoms with E-state index in [4.69, 9.17) is 4.74 Å². The van der Waals surface area contributed by atoms with E-state index < -0.39 is 10.3 Å². The molecule has 1 atom stereocenters. The van der Waals surface area contributed by atoms with E-state index in [1.54, 1.807) is 6.92 Å². The summed E-state index contributed by atoms with van der Waals surface area (Å²) in [6.45, 7) is 2.23. The first-order valence-electron chi connectivity index (χ1n) is 2.58. The number of rotatable bonds is 3. The van der Waals surface area contributed by atoms with E-state index in [0.717, 1.165) is 0 Å². The van der Waals surface area contributed by atoms with Crippen LogP contribution >= 0.6 is 0 Å². The largest absolute Gasteiger partial charge is 0.384 e. The highest BCUT2D eigenvalue weighted by atomic mass is 32.2. The molecule has 0 fully saturated rings. The van der Waals surface area contributed by atoms with Crippen molar-refractivity contribution in [3.8, 4) is 0 Å². The maximum Gasteiger partial charge on any atom is 0.210 e. The third kappa shape index (κ3) is 5.52. The van der Waals surface area contributed by atoms with Crippen molar-refractivity contribution in [2.24, 2.45) is 5.92 Å². The molecule has 0 aromatic rings. The maximum absolute atomic E-state index is 9.97. The van der Waals surface area contributed by atoms with Crippen molar-refractivity contribution in [1.82, 2.24) is 0 Å². The van der Waals surface area contributed by atoms with Gasteiger partial charge < -0.3 is 4.74 Å². The maximum atomic E-state index is 9.97. The molecule has 4 heteroatoms. The summed E-state index contributed by atoms with van der Waals surface area (Å²) in [4.78, 5) is 0. The Hall–Kier alpha value is -0.350. The minimum atomic E-state index is -2.05. The summed E-state index contributed by atoms with van der Waals surface area (Å²) < 4.78 is 24.6. The molecule has 1 unspecified atom stereocenters. The highest BCUT2D eigenvalue weighted by molar-refractivity contribution is 7.71. The Balaban J connectivity index is 3.77. The molecule has 0 radical (unpaired) electrons. The average molecular weight is 150 g/mol. The van der Waals surface area contributed by atoms with Crippen LogP contribution in [0.2, 0.25) is 0 Å². The fourth-order valence-electron chi connectivity index (χ4n) is 0.492. The second-order valence-corrected chi connectivity index (χ2v) is 2.62. The Morgan fingerprint density at radius 2 is 2.22 bits per heavy atom. The van der Waals surface area contributed by atoms with Crippen molar-refractivity contribution in [2.45, 2.75) is 6.92 Å². The fraction of sp³-hybridized carbons (Fsp3) is 0.800. The molecule has 0 spiro atoms. The number of hydrogen-bond donors (Lipinski definition) is 0. The summed E-state index contributed by atoms with van der Waals surface area (Å²) in [6.07, 6.45) is 0. The lowest BCUT2D eigenvalue weighted by Gasteiger charge is -1.98. The molecule has 0 bridgehead atoms. The second kappa shape index (κ2) is 4.52. The summed E-state index contributed by atoms with van der Waals surface area (Å²) in [5.74, 6) is -0.0201. The van der Waals surface area contributed by atoms with Gasteiger partial charge in [-0.1, -0.05) is 6.92 Å². The molecule has 0 aromatic heterocycles. The molecule has 0 heterocycles. The van der Waals surface area contributed by atoms with Gasteiger partial charge in [0.25, 0.3) is 0 Å². The van der Waals surface area contributed by atoms with Crippen LogP contribution in [-0.2, 0) is 15.0 Å². The number of methoxy groups -OCH3 is 1. The van der Waals surface area contributed by atoms with Gasteiger partial charge in [0, 0.05) is 18.4 Å². The monoisotopic (exact) mass is 150 g/mol. The van der Waals surface area contributed by atoms with Gasteiger partial charge in [-0.25, -0.2) is 0 Å². The molecule has 0 N–H and O–H groups in total. The minimum absolute atomic E-state index is 0.0201. The van der Waals surface area contributed by atoms with Crippen LogP contribution in [0.25, 0.3) is 0 Å². The predicted octanol–water partition coefficient (Wildman–Crippen LogP) is -0.0498. The average Bonchev–Trinajstić information content (AvgIpc) is 1.63. The van der Waals surface area contributed by atoms with Crippen molar-refractivity contribution in [2.75, 3.05) is 13.7 Å². The van der Waals surface area contributed by atoms with Crippen molar-refractivity contribution >= 4 is 15.7 Å². The summed E-state index contributed by atoms with van der Waals surface area (Å²) in [5, 5.41) is 1.21. The van der Waals surface area contributed by atoms with Crippen molar-refractivity contribution in [3.63, 3.8) is 0 Å². The molecule has 0 aliphatic carbocycles. The Labute approximate surface area is 56.2 Å².